The predicted molar refractivity (Wildman–Crippen MR) is 66.0 cm³/mol. The van der Waals surface area contributed by atoms with Gasteiger partial charge in [0.25, 0.3) is 0 Å². The quantitative estimate of drug-likeness (QED) is 0.283. The molecule has 1 unspecified atom stereocenters. The van der Waals surface area contributed by atoms with Crippen molar-refractivity contribution in [2.45, 2.75) is 19.4 Å². The highest BCUT2D eigenvalue weighted by molar-refractivity contribution is 5.90. The molecule has 0 aromatic heterocycles. The third kappa shape index (κ3) is 4.69. The molecule has 1 atom stereocenters. The molecular formula is C11H15FN4O2. The van der Waals surface area contributed by atoms with Crippen molar-refractivity contribution in [3.63, 3.8) is 0 Å². The van der Waals surface area contributed by atoms with Crippen molar-refractivity contribution in [3.8, 4) is 0 Å². The second-order valence-electron chi connectivity index (χ2n) is 3.81. The van der Waals surface area contributed by atoms with E-state index in [-0.39, 0.29) is 18.3 Å². The van der Waals surface area contributed by atoms with Crippen molar-refractivity contribution in [3.05, 3.63) is 30.1 Å². The molecule has 0 spiro atoms. The maximum atomic E-state index is 12.9. The van der Waals surface area contributed by atoms with Gasteiger partial charge in [0.2, 0.25) is 0 Å². The summed E-state index contributed by atoms with van der Waals surface area (Å²) in [5, 5.41) is 16.2. The molecule has 1 aromatic carbocycles. The number of nitrogens with two attached hydrogens (primary N) is 1. The van der Waals surface area contributed by atoms with Crippen LogP contribution in [0.1, 0.15) is 13.3 Å². The summed E-state index contributed by atoms with van der Waals surface area (Å²) in [6, 6.07) is 4.74. The summed E-state index contributed by atoms with van der Waals surface area (Å²) in [6.45, 7) is 1.70. The number of urea groups is 1. The lowest BCUT2D eigenvalue weighted by atomic mass is 10.2. The molecule has 0 saturated carbocycles. The van der Waals surface area contributed by atoms with E-state index in [2.05, 4.69) is 15.8 Å². The van der Waals surface area contributed by atoms with E-state index in [1.54, 1.807) is 13.0 Å². The molecule has 0 radical (unpaired) electrons. The molecular weight excluding hydrogens is 239 g/mol. The Bertz CT molecular complexity index is 450. The first-order chi connectivity index (χ1) is 8.51. The summed E-state index contributed by atoms with van der Waals surface area (Å²) < 4.78 is 12.9. The minimum Gasteiger partial charge on any atom is -0.409 e. The van der Waals surface area contributed by atoms with Crippen LogP contribution in [0.3, 0.4) is 0 Å². The molecule has 0 saturated heterocycles. The molecule has 0 aliphatic carbocycles. The lowest BCUT2D eigenvalue weighted by molar-refractivity contribution is 0.249. The van der Waals surface area contributed by atoms with Crippen molar-refractivity contribution in [2.24, 2.45) is 10.9 Å². The van der Waals surface area contributed by atoms with Gasteiger partial charge in [-0.25, -0.2) is 9.18 Å². The summed E-state index contributed by atoms with van der Waals surface area (Å²) >= 11 is 0. The summed E-state index contributed by atoms with van der Waals surface area (Å²) in [5.74, 6) is -0.411. The average molecular weight is 254 g/mol. The number of nitrogens with one attached hydrogen (secondary N) is 2. The number of carbonyl (C=O) groups is 1. The Morgan fingerprint density at radius 3 is 2.94 bits per heavy atom. The van der Waals surface area contributed by atoms with Gasteiger partial charge in [-0.15, -0.1) is 0 Å². The first-order valence-corrected chi connectivity index (χ1v) is 5.30. The van der Waals surface area contributed by atoms with E-state index in [1.807, 2.05) is 0 Å². The number of nitrogens with zero attached hydrogens (tertiary/aromatic N) is 1. The number of hydrogen-bond donors (Lipinski definition) is 4. The van der Waals surface area contributed by atoms with Crippen molar-refractivity contribution >= 4 is 17.6 Å². The van der Waals surface area contributed by atoms with Gasteiger partial charge >= 0.3 is 6.03 Å². The summed E-state index contributed by atoms with van der Waals surface area (Å²) in [6.07, 6.45) is 0.215. The Kier molecular flexibility index (Phi) is 4.91. The fourth-order valence-corrected chi connectivity index (χ4v) is 1.36. The number of hydrogen-bond acceptors (Lipinski definition) is 3. The van der Waals surface area contributed by atoms with Gasteiger partial charge in [0.05, 0.1) is 0 Å². The minimum absolute atomic E-state index is 0.0218. The molecule has 1 aromatic rings. The van der Waals surface area contributed by atoms with Crippen LogP contribution in [0.4, 0.5) is 14.9 Å². The van der Waals surface area contributed by atoms with E-state index < -0.39 is 11.8 Å². The fraction of sp³-hybridized carbons (Fsp3) is 0.273. The van der Waals surface area contributed by atoms with Crippen LogP contribution in [0.25, 0.3) is 0 Å². The molecule has 7 heteroatoms. The first-order valence-electron chi connectivity index (χ1n) is 5.30. The SMILES string of the molecule is CC(CC(N)=NO)NC(=O)Nc1cccc(F)c1. The number of oxime groups is 1. The molecule has 98 valence electrons. The number of halogens is 1. The van der Waals surface area contributed by atoms with Gasteiger partial charge in [-0.3, -0.25) is 0 Å². The molecule has 0 fully saturated rings. The van der Waals surface area contributed by atoms with E-state index in [0.29, 0.717) is 5.69 Å². The zero-order valence-electron chi connectivity index (χ0n) is 9.85. The molecule has 2 amide bonds. The zero-order valence-corrected chi connectivity index (χ0v) is 9.85. The monoisotopic (exact) mass is 254 g/mol. The molecule has 0 aliphatic rings. The third-order valence-electron chi connectivity index (χ3n) is 2.10. The smallest absolute Gasteiger partial charge is 0.319 e. The highest BCUT2D eigenvalue weighted by Crippen LogP contribution is 2.08. The van der Waals surface area contributed by atoms with Crippen LogP contribution in [0.15, 0.2) is 29.4 Å². The lowest BCUT2D eigenvalue weighted by Crippen LogP contribution is -2.38. The van der Waals surface area contributed by atoms with Crippen molar-refractivity contribution in [1.29, 1.82) is 0 Å². The van der Waals surface area contributed by atoms with Gasteiger partial charge in [0.1, 0.15) is 11.7 Å². The third-order valence-corrected chi connectivity index (χ3v) is 2.10. The normalized spacial score (nSPS) is 12.9. The van der Waals surface area contributed by atoms with Crippen LogP contribution < -0.4 is 16.4 Å². The van der Waals surface area contributed by atoms with Gasteiger partial charge < -0.3 is 21.6 Å². The van der Waals surface area contributed by atoms with Gasteiger partial charge in [-0.2, -0.15) is 0 Å². The number of amidine groups is 1. The van der Waals surface area contributed by atoms with Gasteiger partial charge in [-0.1, -0.05) is 11.2 Å². The minimum atomic E-state index is -0.487. The molecule has 6 nitrogen and oxygen atoms in total. The first kappa shape index (κ1) is 13.8. The number of benzene rings is 1. The average Bonchev–Trinajstić information content (AvgIpc) is 2.28. The van der Waals surface area contributed by atoms with E-state index in [9.17, 15) is 9.18 Å². The topological polar surface area (TPSA) is 99.7 Å². The number of amides is 2. The molecule has 1 rings (SSSR count). The summed E-state index contributed by atoms with van der Waals surface area (Å²) in [4.78, 5) is 11.5. The van der Waals surface area contributed by atoms with Crippen LogP contribution in [0.5, 0.6) is 0 Å². The standard InChI is InChI=1S/C11H15FN4O2/c1-7(5-10(13)16-18)14-11(17)15-9-4-2-3-8(12)6-9/h2-4,6-7,18H,5H2,1H3,(H2,13,16)(H2,14,15,17). The van der Waals surface area contributed by atoms with Crippen LogP contribution >= 0.6 is 0 Å². The molecule has 0 bridgehead atoms. The van der Waals surface area contributed by atoms with Gasteiger partial charge in [-0.05, 0) is 25.1 Å². The highest BCUT2D eigenvalue weighted by Gasteiger charge is 2.09. The molecule has 18 heavy (non-hydrogen) atoms. The lowest BCUT2D eigenvalue weighted by Gasteiger charge is -2.13. The number of anilines is 1. The van der Waals surface area contributed by atoms with Crippen molar-refractivity contribution < 1.29 is 14.4 Å². The molecule has 0 heterocycles. The van der Waals surface area contributed by atoms with E-state index in [0.717, 1.165) is 0 Å². The second-order valence-corrected chi connectivity index (χ2v) is 3.81. The van der Waals surface area contributed by atoms with E-state index in [1.165, 1.54) is 18.2 Å². The maximum absolute atomic E-state index is 12.9. The van der Waals surface area contributed by atoms with Gasteiger partial charge in [0.15, 0.2) is 0 Å². The zero-order chi connectivity index (χ0) is 13.5. The molecule has 5 N–H and O–H groups in total. The Morgan fingerprint density at radius 1 is 1.61 bits per heavy atom. The summed E-state index contributed by atoms with van der Waals surface area (Å²) in [7, 11) is 0. The number of carbonyl (C=O) groups excluding carboxylic acids is 1. The highest BCUT2D eigenvalue weighted by atomic mass is 19.1. The van der Waals surface area contributed by atoms with Crippen molar-refractivity contribution in [2.75, 3.05) is 5.32 Å². The Hall–Kier alpha value is -2.31. The Labute approximate surface area is 104 Å². The number of rotatable bonds is 4. The van der Waals surface area contributed by atoms with Crippen LogP contribution in [0.2, 0.25) is 0 Å². The molecule has 0 aliphatic heterocycles. The van der Waals surface area contributed by atoms with E-state index >= 15 is 0 Å². The largest absolute Gasteiger partial charge is 0.409 e. The van der Waals surface area contributed by atoms with E-state index in [4.69, 9.17) is 10.9 Å². The van der Waals surface area contributed by atoms with Gasteiger partial charge in [0, 0.05) is 18.2 Å². The second kappa shape index (κ2) is 6.43. The van der Waals surface area contributed by atoms with Crippen LogP contribution in [-0.4, -0.2) is 23.1 Å². The summed E-state index contributed by atoms with van der Waals surface area (Å²) in [5.41, 5.74) is 5.65. The Balaban J connectivity index is 2.47. The van der Waals surface area contributed by atoms with Crippen LogP contribution in [-0.2, 0) is 0 Å². The predicted octanol–water partition coefficient (Wildman–Crippen LogP) is 1.47. The van der Waals surface area contributed by atoms with Crippen molar-refractivity contribution in [1.82, 2.24) is 5.32 Å². The van der Waals surface area contributed by atoms with Crippen LogP contribution in [0, 0.1) is 5.82 Å². The Morgan fingerprint density at radius 2 is 2.33 bits per heavy atom. The maximum Gasteiger partial charge on any atom is 0.319 e. The fourth-order valence-electron chi connectivity index (χ4n) is 1.36.